The summed E-state index contributed by atoms with van der Waals surface area (Å²) in [7, 11) is 0. The predicted molar refractivity (Wildman–Crippen MR) is 140 cm³/mol. The van der Waals surface area contributed by atoms with E-state index in [2.05, 4.69) is 64.3 Å². The third-order valence-electron chi connectivity index (χ3n) is 8.55. The van der Waals surface area contributed by atoms with E-state index in [0.29, 0.717) is 24.7 Å². The number of carboxylic acids is 1. The number of fused-ring (bicyclic) bond motifs is 1. The van der Waals surface area contributed by atoms with Crippen LogP contribution in [0.1, 0.15) is 90.7 Å². The largest absolute Gasteiger partial charge is 0.481 e. The second kappa shape index (κ2) is 9.80. The summed E-state index contributed by atoms with van der Waals surface area (Å²) in [5.41, 5.74) is 3.12. The standard InChI is InChI=1S/C29H41ClN2O3/c1-18(2)20-11-13-29(22-8-6-19(25(30)16-22)10-12-28(3,4)5)23(14-20)17-32(27(35)31-29)24-9-7-21(15-24)26(33)34/h6,8,16-18,20-21,24H,7,9-15H2,1-5H3,(H,31,35)(H,33,34)/t20?,21-,24+,29+/m1/s1. The number of halogens is 1. The van der Waals surface area contributed by atoms with Crippen molar-refractivity contribution in [3.05, 3.63) is 46.1 Å². The van der Waals surface area contributed by atoms with Gasteiger partial charge in [-0.25, -0.2) is 4.79 Å². The van der Waals surface area contributed by atoms with Crippen LogP contribution in [0.5, 0.6) is 0 Å². The van der Waals surface area contributed by atoms with Crippen LogP contribution in [0, 0.1) is 23.2 Å². The smallest absolute Gasteiger partial charge is 0.322 e. The van der Waals surface area contributed by atoms with Crippen LogP contribution in [0.3, 0.4) is 0 Å². The number of aryl methyl sites for hydroxylation is 1. The van der Waals surface area contributed by atoms with Crippen LogP contribution in [0.4, 0.5) is 4.79 Å². The lowest BCUT2D eigenvalue weighted by Crippen LogP contribution is -2.58. The van der Waals surface area contributed by atoms with Crippen molar-refractivity contribution >= 4 is 23.6 Å². The Labute approximate surface area is 215 Å². The highest BCUT2D eigenvalue weighted by molar-refractivity contribution is 6.31. The van der Waals surface area contributed by atoms with Crippen molar-refractivity contribution in [3.8, 4) is 0 Å². The molecule has 1 unspecified atom stereocenters. The highest BCUT2D eigenvalue weighted by Crippen LogP contribution is 2.49. The van der Waals surface area contributed by atoms with Crippen LogP contribution in [0.25, 0.3) is 0 Å². The number of carbonyl (C=O) groups excluding carboxylic acids is 1. The Morgan fingerprint density at radius 2 is 2.00 bits per heavy atom. The van der Waals surface area contributed by atoms with Crippen molar-refractivity contribution < 1.29 is 14.7 Å². The number of amides is 2. The molecule has 5 nitrogen and oxygen atoms in total. The summed E-state index contributed by atoms with van der Waals surface area (Å²) in [6.45, 7) is 11.3. The molecule has 0 radical (unpaired) electrons. The number of rotatable bonds is 6. The summed E-state index contributed by atoms with van der Waals surface area (Å²) in [6.07, 6.45) is 8.73. The van der Waals surface area contributed by atoms with Gasteiger partial charge in [-0.1, -0.05) is 58.4 Å². The lowest BCUT2D eigenvalue weighted by Gasteiger charge is -2.49. The molecule has 1 aromatic carbocycles. The fourth-order valence-corrected chi connectivity index (χ4v) is 6.38. The summed E-state index contributed by atoms with van der Waals surface area (Å²) < 4.78 is 0. The van der Waals surface area contributed by atoms with Crippen molar-refractivity contribution in [1.29, 1.82) is 0 Å². The maximum Gasteiger partial charge on any atom is 0.322 e. The van der Waals surface area contributed by atoms with E-state index < -0.39 is 11.5 Å². The van der Waals surface area contributed by atoms with Gasteiger partial charge >= 0.3 is 12.0 Å². The topological polar surface area (TPSA) is 69.6 Å². The van der Waals surface area contributed by atoms with E-state index in [0.717, 1.165) is 54.7 Å². The third-order valence-corrected chi connectivity index (χ3v) is 8.90. The minimum Gasteiger partial charge on any atom is -0.481 e. The average Bonchev–Trinajstić information content (AvgIpc) is 3.27. The molecular weight excluding hydrogens is 460 g/mol. The van der Waals surface area contributed by atoms with Crippen molar-refractivity contribution in [2.24, 2.45) is 23.2 Å². The number of hydrogen-bond acceptors (Lipinski definition) is 2. The number of carboxylic acid groups (broad SMARTS) is 1. The molecule has 1 heterocycles. The van der Waals surface area contributed by atoms with E-state index in [4.69, 9.17) is 11.6 Å². The predicted octanol–water partition coefficient (Wildman–Crippen LogP) is 7.13. The third kappa shape index (κ3) is 5.40. The van der Waals surface area contributed by atoms with Crippen molar-refractivity contribution in [2.45, 2.75) is 97.6 Å². The van der Waals surface area contributed by atoms with Gasteiger partial charge in [-0.05, 0) is 91.4 Å². The minimum absolute atomic E-state index is 0.0654. The molecule has 2 amide bonds. The first-order valence-corrected chi connectivity index (χ1v) is 13.6. The molecule has 0 saturated heterocycles. The molecule has 2 saturated carbocycles. The van der Waals surface area contributed by atoms with Gasteiger partial charge in [0.1, 0.15) is 0 Å². The number of carbonyl (C=O) groups is 2. The quantitative estimate of drug-likeness (QED) is 0.436. The molecule has 192 valence electrons. The molecular formula is C29H41ClN2O3. The number of nitrogens with one attached hydrogen (secondary N) is 1. The second-order valence-electron chi connectivity index (χ2n) is 12.5. The Morgan fingerprint density at radius 1 is 1.26 bits per heavy atom. The van der Waals surface area contributed by atoms with E-state index in [1.807, 2.05) is 0 Å². The van der Waals surface area contributed by atoms with Gasteiger partial charge in [0.25, 0.3) is 0 Å². The van der Waals surface area contributed by atoms with E-state index in [1.165, 1.54) is 5.57 Å². The SMILES string of the molecule is CC(C)C1CC[C@@]2(c3ccc(CCC(C)(C)C)c(Cl)c3)NC(=O)N([C@H]3CC[C@@H](C(=O)O)C3)C=C2C1. The fraction of sp³-hybridized carbons (Fsp3) is 0.655. The maximum atomic E-state index is 13.5. The normalized spacial score (nSPS) is 29.1. The summed E-state index contributed by atoms with van der Waals surface area (Å²) in [5, 5.41) is 13.6. The van der Waals surface area contributed by atoms with E-state index >= 15 is 0 Å². The highest BCUT2D eigenvalue weighted by Gasteiger charge is 2.48. The van der Waals surface area contributed by atoms with E-state index in [1.54, 1.807) is 4.90 Å². The molecule has 0 bridgehead atoms. The molecule has 2 aliphatic carbocycles. The molecule has 1 aliphatic heterocycles. The fourth-order valence-electron chi connectivity index (χ4n) is 6.10. The Kier molecular flexibility index (Phi) is 7.30. The molecule has 35 heavy (non-hydrogen) atoms. The summed E-state index contributed by atoms with van der Waals surface area (Å²) in [6, 6.07) is 6.16. The second-order valence-corrected chi connectivity index (χ2v) is 12.9. The van der Waals surface area contributed by atoms with Crippen molar-refractivity contribution in [1.82, 2.24) is 10.2 Å². The Hall–Kier alpha value is -2.01. The maximum absolute atomic E-state index is 13.5. The highest BCUT2D eigenvalue weighted by atomic mass is 35.5. The number of hydrogen-bond donors (Lipinski definition) is 2. The van der Waals surface area contributed by atoms with Gasteiger partial charge < -0.3 is 10.4 Å². The Balaban J connectivity index is 1.67. The first-order chi connectivity index (χ1) is 16.4. The average molecular weight is 501 g/mol. The van der Waals surface area contributed by atoms with Crippen molar-refractivity contribution in [3.63, 3.8) is 0 Å². The van der Waals surface area contributed by atoms with Gasteiger partial charge in [-0.15, -0.1) is 0 Å². The molecule has 4 rings (SSSR count). The molecule has 0 aromatic heterocycles. The molecule has 2 fully saturated rings. The number of benzene rings is 1. The van der Waals surface area contributed by atoms with E-state index in [-0.39, 0.29) is 23.4 Å². The lowest BCUT2D eigenvalue weighted by atomic mass is 9.66. The lowest BCUT2D eigenvalue weighted by molar-refractivity contribution is -0.141. The van der Waals surface area contributed by atoms with Gasteiger partial charge in [-0.2, -0.15) is 0 Å². The monoisotopic (exact) mass is 500 g/mol. The molecule has 2 N–H and O–H groups in total. The van der Waals surface area contributed by atoms with Gasteiger partial charge in [0.15, 0.2) is 0 Å². The van der Waals surface area contributed by atoms with Gasteiger partial charge in [-0.3, -0.25) is 9.69 Å². The molecule has 1 aromatic rings. The zero-order valence-corrected chi connectivity index (χ0v) is 22.6. The van der Waals surface area contributed by atoms with Crippen molar-refractivity contribution in [2.75, 3.05) is 0 Å². The van der Waals surface area contributed by atoms with Crippen LogP contribution >= 0.6 is 11.6 Å². The first-order valence-electron chi connectivity index (χ1n) is 13.2. The minimum atomic E-state index is -0.759. The van der Waals surface area contributed by atoms with Gasteiger partial charge in [0.2, 0.25) is 0 Å². The number of urea groups is 1. The van der Waals surface area contributed by atoms with Crippen LogP contribution in [0.15, 0.2) is 30.0 Å². The molecule has 3 aliphatic rings. The van der Waals surface area contributed by atoms with Crippen LogP contribution in [-0.2, 0) is 16.8 Å². The molecule has 4 atom stereocenters. The van der Waals surface area contributed by atoms with E-state index in [9.17, 15) is 14.7 Å². The molecule has 6 heteroatoms. The van der Waals surface area contributed by atoms with Crippen LogP contribution in [-0.4, -0.2) is 28.0 Å². The number of aliphatic carboxylic acids is 1. The van der Waals surface area contributed by atoms with Crippen LogP contribution < -0.4 is 5.32 Å². The number of nitrogens with zero attached hydrogens (tertiary/aromatic N) is 1. The summed E-state index contributed by atoms with van der Waals surface area (Å²) in [4.78, 5) is 26.8. The Morgan fingerprint density at radius 3 is 2.60 bits per heavy atom. The van der Waals surface area contributed by atoms with Gasteiger partial charge in [0.05, 0.1) is 11.5 Å². The molecule has 0 spiro atoms. The summed E-state index contributed by atoms with van der Waals surface area (Å²) in [5.74, 6) is -0.00735. The first kappa shape index (κ1) is 26.1. The Bertz CT molecular complexity index is 1010. The van der Waals surface area contributed by atoms with Crippen LogP contribution in [0.2, 0.25) is 5.02 Å². The summed E-state index contributed by atoms with van der Waals surface area (Å²) >= 11 is 6.80. The zero-order valence-electron chi connectivity index (χ0n) is 21.9. The zero-order chi connectivity index (χ0) is 25.5. The van der Waals surface area contributed by atoms with Gasteiger partial charge in [0, 0.05) is 17.3 Å².